The highest BCUT2D eigenvalue weighted by atomic mass is 14.7. The second kappa shape index (κ2) is 15.0. The van der Waals surface area contributed by atoms with E-state index in [1.165, 1.54) is 11.1 Å². The number of hydrogen-bond acceptors (Lipinski definition) is 2. The van der Waals surface area contributed by atoms with Gasteiger partial charge in [-0.15, -0.1) is 0 Å². The highest BCUT2D eigenvalue weighted by molar-refractivity contribution is 5.58. The van der Waals surface area contributed by atoms with Gasteiger partial charge in [-0.05, 0) is 31.2 Å². The van der Waals surface area contributed by atoms with Gasteiger partial charge in [0.15, 0.2) is 0 Å². The Balaban J connectivity index is 0.000000218. The third-order valence-electron chi connectivity index (χ3n) is 3.25. The second-order valence-electron chi connectivity index (χ2n) is 5.26. The van der Waals surface area contributed by atoms with E-state index < -0.39 is 0 Å². The molecule has 0 atom stereocenters. The van der Waals surface area contributed by atoms with Crippen molar-refractivity contribution in [2.45, 2.75) is 20.8 Å². The van der Waals surface area contributed by atoms with E-state index >= 15 is 0 Å². The van der Waals surface area contributed by atoms with Gasteiger partial charge in [0.25, 0.3) is 0 Å². The molecular formula is C25H28N2. The SMILES string of the molecule is CC.Cc1ccc(-c2ccccn2)cc1.c1ccccc1.c1ccncc1. The van der Waals surface area contributed by atoms with Crippen molar-refractivity contribution in [2.75, 3.05) is 0 Å². The number of rotatable bonds is 1. The zero-order valence-corrected chi connectivity index (χ0v) is 16.4. The number of pyridine rings is 2. The molecule has 0 spiro atoms. The van der Waals surface area contributed by atoms with Crippen molar-refractivity contribution in [2.24, 2.45) is 0 Å². The standard InChI is InChI=1S/C12H11N.C6H6.C5H5N.C2H6/c1-10-5-7-11(8-6-10)12-4-2-3-9-13-12;2*1-2-4-6-5-3-1;1-2/h2-9H,1H3;1-6H;1-5H;1-2H3. The van der Waals surface area contributed by atoms with E-state index in [1.54, 1.807) is 12.4 Å². The molecule has 27 heavy (non-hydrogen) atoms. The van der Waals surface area contributed by atoms with Gasteiger partial charge in [-0.3, -0.25) is 9.97 Å². The van der Waals surface area contributed by atoms with Gasteiger partial charge in [-0.25, -0.2) is 0 Å². The molecule has 0 unspecified atom stereocenters. The Labute approximate surface area is 163 Å². The van der Waals surface area contributed by atoms with Crippen LogP contribution in [0, 0.1) is 6.92 Å². The van der Waals surface area contributed by atoms with Crippen molar-refractivity contribution in [1.82, 2.24) is 9.97 Å². The Bertz CT molecular complexity index is 699. The highest BCUT2D eigenvalue weighted by Gasteiger charge is 1.95. The quantitative estimate of drug-likeness (QED) is 0.372. The first-order chi connectivity index (χ1) is 13.4. The lowest BCUT2D eigenvalue weighted by Gasteiger charge is -1.99. The van der Waals surface area contributed by atoms with E-state index in [4.69, 9.17) is 0 Å². The lowest BCUT2D eigenvalue weighted by Crippen LogP contribution is -1.81. The van der Waals surface area contributed by atoms with Gasteiger partial charge in [0.2, 0.25) is 0 Å². The van der Waals surface area contributed by atoms with Crippen molar-refractivity contribution in [3.05, 3.63) is 121 Å². The normalized spacial score (nSPS) is 8.56. The highest BCUT2D eigenvalue weighted by Crippen LogP contribution is 2.16. The van der Waals surface area contributed by atoms with Crippen molar-refractivity contribution in [1.29, 1.82) is 0 Å². The van der Waals surface area contributed by atoms with Crippen LogP contribution in [0.1, 0.15) is 19.4 Å². The van der Waals surface area contributed by atoms with Crippen LogP contribution in [-0.2, 0) is 0 Å². The van der Waals surface area contributed by atoms with E-state index in [-0.39, 0.29) is 0 Å². The van der Waals surface area contributed by atoms with Crippen LogP contribution in [0.5, 0.6) is 0 Å². The van der Waals surface area contributed by atoms with Crippen molar-refractivity contribution < 1.29 is 0 Å². The fourth-order valence-electron chi connectivity index (χ4n) is 1.96. The molecular weight excluding hydrogens is 328 g/mol. The molecule has 0 aliphatic heterocycles. The second-order valence-corrected chi connectivity index (χ2v) is 5.26. The van der Waals surface area contributed by atoms with Crippen LogP contribution in [0.15, 0.2) is 116 Å². The third-order valence-corrected chi connectivity index (χ3v) is 3.25. The fraction of sp³-hybridized carbons (Fsp3) is 0.120. The van der Waals surface area contributed by atoms with Gasteiger partial charge >= 0.3 is 0 Å². The molecule has 0 radical (unpaired) electrons. The largest absolute Gasteiger partial charge is 0.265 e. The first-order valence-corrected chi connectivity index (χ1v) is 9.19. The summed E-state index contributed by atoms with van der Waals surface area (Å²) < 4.78 is 0. The summed E-state index contributed by atoms with van der Waals surface area (Å²) in [6.45, 7) is 6.09. The van der Waals surface area contributed by atoms with Crippen LogP contribution in [0.2, 0.25) is 0 Å². The van der Waals surface area contributed by atoms with Crippen molar-refractivity contribution in [3.63, 3.8) is 0 Å². The summed E-state index contributed by atoms with van der Waals surface area (Å²) in [4.78, 5) is 8.06. The average Bonchev–Trinajstić information content (AvgIpc) is 2.79. The molecule has 0 saturated heterocycles. The topological polar surface area (TPSA) is 25.8 Å². The predicted molar refractivity (Wildman–Crippen MR) is 116 cm³/mol. The van der Waals surface area contributed by atoms with E-state index in [0.717, 1.165) is 5.69 Å². The molecule has 2 heteroatoms. The van der Waals surface area contributed by atoms with E-state index in [9.17, 15) is 0 Å². The van der Waals surface area contributed by atoms with E-state index in [1.807, 2.05) is 92.8 Å². The molecule has 4 aromatic rings. The number of aromatic nitrogens is 2. The Morgan fingerprint density at radius 3 is 1.37 bits per heavy atom. The lowest BCUT2D eigenvalue weighted by atomic mass is 10.1. The van der Waals surface area contributed by atoms with Gasteiger partial charge in [0.1, 0.15) is 0 Å². The Morgan fingerprint density at radius 1 is 0.519 bits per heavy atom. The molecule has 0 fully saturated rings. The summed E-state index contributed by atoms with van der Waals surface area (Å²) in [5.74, 6) is 0. The molecule has 0 aliphatic carbocycles. The third kappa shape index (κ3) is 10.4. The van der Waals surface area contributed by atoms with Gasteiger partial charge in [0, 0.05) is 24.2 Å². The van der Waals surface area contributed by atoms with E-state index in [0.29, 0.717) is 0 Å². The molecule has 2 heterocycles. The molecule has 2 aromatic carbocycles. The lowest BCUT2D eigenvalue weighted by molar-refractivity contribution is 1.32. The molecule has 2 aromatic heterocycles. The maximum absolute atomic E-state index is 4.28. The smallest absolute Gasteiger partial charge is 0.0701 e. The minimum atomic E-state index is 1.03. The summed E-state index contributed by atoms with van der Waals surface area (Å²) in [5.41, 5.74) is 3.48. The van der Waals surface area contributed by atoms with Crippen LogP contribution in [0.3, 0.4) is 0 Å². The molecule has 4 rings (SSSR count). The first-order valence-electron chi connectivity index (χ1n) is 9.19. The fourth-order valence-corrected chi connectivity index (χ4v) is 1.96. The summed E-state index contributed by atoms with van der Waals surface area (Å²) in [6, 6.07) is 32.1. The van der Waals surface area contributed by atoms with Crippen LogP contribution >= 0.6 is 0 Å². The molecule has 0 saturated carbocycles. The van der Waals surface area contributed by atoms with Crippen molar-refractivity contribution in [3.8, 4) is 11.3 Å². The van der Waals surface area contributed by atoms with Crippen LogP contribution in [0.4, 0.5) is 0 Å². The molecule has 2 nitrogen and oxygen atoms in total. The van der Waals surface area contributed by atoms with Crippen molar-refractivity contribution >= 4 is 0 Å². The average molecular weight is 357 g/mol. The van der Waals surface area contributed by atoms with E-state index in [2.05, 4.69) is 41.2 Å². The predicted octanol–water partition coefficient (Wildman–Crippen LogP) is 6.85. The molecule has 0 N–H and O–H groups in total. The number of benzene rings is 2. The monoisotopic (exact) mass is 356 g/mol. The van der Waals surface area contributed by atoms with Gasteiger partial charge < -0.3 is 0 Å². The summed E-state index contributed by atoms with van der Waals surface area (Å²) in [6.07, 6.45) is 5.31. The van der Waals surface area contributed by atoms with Crippen LogP contribution < -0.4 is 0 Å². The number of nitrogens with zero attached hydrogens (tertiary/aromatic N) is 2. The first kappa shape index (κ1) is 21.8. The van der Waals surface area contributed by atoms with Crippen LogP contribution in [0.25, 0.3) is 11.3 Å². The Kier molecular flexibility index (Phi) is 12.1. The van der Waals surface area contributed by atoms with Crippen LogP contribution in [-0.4, -0.2) is 9.97 Å². The molecule has 138 valence electrons. The summed E-state index contributed by atoms with van der Waals surface area (Å²) in [5, 5.41) is 0. The van der Waals surface area contributed by atoms with Gasteiger partial charge in [0.05, 0.1) is 5.69 Å². The Morgan fingerprint density at radius 2 is 1.00 bits per heavy atom. The summed E-state index contributed by atoms with van der Waals surface area (Å²) >= 11 is 0. The minimum absolute atomic E-state index is 1.03. The zero-order valence-electron chi connectivity index (χ0n) is 16.4. The molecule has 0 aliphatic rings. The molecule has 0 bridgehead atoms. The number of hydrogen-bond donors (Lipinski definition) is 0. The maximum atomic E-state index is 4.28. The van der Waals surface area contributed by atoms with Gasteiger partial charge in [-0.2, -0.15) is 0 Å². The summed E-state index contributed by atoms with van der Waals surface area (Å²) in [7, 11) is 0. The maximum Gasteiger partial charge on any atom is 0.0701 e. The minimum Gasteiger partial charge on any atom is -0.265 e. The Hall–Kier alpha value is -3.26. The zero-order chi connectivity index (χ0) is 19.6. The van der Waals surface area contributed by atoms with Gasteiger partial charge in [-0.1, -0.05) is 92.2 Å². The molecule has 0 amide bonds. The number of aryl methyl sites for hydroxylation is 1.